The van der Waals surface area contributed by atoms with Gasteiger partial charge in [0, 0.05) is 32.4 Å². The molecule has 5 nitrogen and oxygen atoms in total. The Morgan fingerprint density at radius 1 is 1.08 bits per heavy atom. The van der Waals surface area contributed by atoms with Gasteiger partial charge < -0.3 is 9.80 Å². The molecule has 0 N–H and O–H groups in total. The number of rotatable bonds is 5. The second kappa shape index (κ2) is 8.60. The molecule has 1 aromatic heterocycles. The summed E-state index contributed by atoms with van der Waals surface area (Å²) in [4.78, 5) is 17.4. The van der Waals surface area contributed by atoms with E-state index in [-0.39, 0.29) is 11.8 Å². The molecule has 0 spiro atoms. The van der Waals surface area contributed by atoms with Crippen LogP contribution in [0.2, 0.25) is 0 Å². The van der Waals surface area contributed by atoms with Crippen LogP contribution in [0.1, 0.15) is 37.7 Å². The van der Waals surface area contributed by atoms with Gasteiger partial charge in [0.2, 0.25) is 5.91 Å². The molecule has 5 heteroatoms. The van der Waals surface area contributed by atoms with E-state index in [2.05, 4.69) is 34.2 Å². The van der Waals surface area contributed by atoms with Crippen molar-refractivity contribution in [2.75, 3.05) is 31.1 Å². The molecule has 1 aliphatic rings. The number of nitrogens with zero attached hydrogens (tertiary/aromatic N) is 4. The Kier molecular flexibility index (Phi) is 5.99. The SMILES string of the molecule is CCC[C@H](C(=O)N1CCCN(c2cccnn2)CC1)c1ccccc1. The molecule has 1 aromatic carbocycles. The Bertz CT molecular complexity index is 662. The van der Waals surface area contributed by atoms with Crippen LogP contribution in [-0.4, -0.2) is 47.2 Å². The van der Waals surface area contributed by atoms with Gasteiger partial charge in [-0.25, -0.2) is 0 Å². The molecule has 1 saturated heterocycles. The molecule has 0 unspecified atom stereocenters. The van der Waals surface area contributed by atoms with E-state index in [1.54, 1.807) is 6.20 Å². The van der Waals surface area contributed by atoms with Crippen molar-refractivity contribution in [3.63, 3.8) is 0 Å². The highest BCUT2D eigenvalue weighted by Gasteiger charge is 2.27. The zero-order chi connectivity index (χ0) is 17.5. The first-order valence-corrected chi connectivity index (χ1v) is 9.16. The predicted molar refractivity (Wildman–Crippen MR) is 99.5 cm³/mol. The van der Waals surface area contributed by atoms with Gasteiger partial charge in [-0.2, -0.15) is 5.10 Å². The van der Waals surface area contributed by atoms with Gasteiger partial charge in [-0.3, -0.25) is 4.79 Å². The van der Waals surface area contributed by atoms with E-state index < -0.39 is 0 Å². The van der Waals surface area contributed by atoms with Crippen LogP contribution >= 0.6 is 0 Å². The molecular weight excluding hydrogens is 312 g/mol. The zero-order valence-electron chi connectivity index (χ0n) is 14.8. The molecule has 25 heavy (non-hydrogen) atoms. The Morgan fingerprint density at radius 2 is 1.92 bits per heavy atom. The highest BCUT2D eigenvalue weighted by atomic mass is 16.2. The maximum Gasteiger partial charge on any atom is 0.230 e. The molecule has 2 heterocycles. The minimum absolute atomic E-state index is 0.0331. The highest BCUT2D eigenvalue weighted by molar-refractivity contribution is 5.83. The Balaban J connectivity index is 1.69. The number of carbonyl (C=O) groups is 1. The van der Waals surface area contributed by atoms with Crippen molar-refractivity contribution in [3.8, 4) is 0 Å². The lowest BCUT2D eigenvalue weighted by Crippen LogP contribution is -2.38. The van der Waals surface area contributed by atoms with Gasteiger partial charge in [0.05, 0.1) is 5.92 Å². The number of aromatic nitrogens is 2. The maximum absolute atomic E-state index is 13.2. The fourth-order valence-corrected chi connectivity index (χ4v) is 3.46. The van der Waals surface area contributed by atoms with Crippen LogP contribution in [-0.2, 0) is 4.79 Å². The largest absolute Gasteiger partial charge is 0.353 e. The molecule has 1 atom stereocenters. The van der Waals surface area contributed by atoms with Gasteiger partial charge in [-0.15, -0.1) is 5.10 Å². The molecule has 1 aliphatic heterocycles. The second-order valence-electron chi connectivity index (χ2n) is 6.50. The summed E-state index contributed by atoms with van der Waals surface area (Å²) >= 11 is 0. The summed E-state index contributed by atoms with van der Waals surface area (Å²) in [6.45, 7) is 5.40. The van der Waals surface area contributed by atoms with Crippen LogP contribution in [0.5, 0.6) is 0 Å². The van der Waals surface area contributed by atoms with E-state index in [0.29, 0.717) is 0 Å². The first-order chi connectivity index (χ1) is 12.3. The number of carbonyl (C=O) groups excluding carboxylic acids is 1. The summed E-state index contributed by atoms with van der Waals surface area (Å²) in [5.41, 5.74) is 1.13. The molecule has 0 saturated carbocycles. The molecule has 0 bridgehead atoms. The van der Waals surface area contributed by atoms with E-state index >= 15 is 0 Å². The van der Waals surface area contributed by atoms with E-state index in [1.165, 1.54) is 0 Å². The molecule has 3 rings (SSSR count). The third kappa shape index (κ3) is 4.35. The van der Waals surface area contributed by atoms with Gasteiger partial charge in [-0.05, 0) is 30.5 Å². The Morgan fingerprint density at radius 3 is 2.64 bits per heavy atom. The van der Waals surface area contributed by atoms with Crippen LogP contribution in [0.15, 0.2) is 48.7 Å². The van der Waals surface area contributed by atoms with Crippen LogP contribution in [0, 0.1) is 0 Å². The van der Waals surface area contributed by atoms with Gasteiger partial charge in [0.1, 0.15) is 0 Å². The number of anilines is 1. The molecule has 1 amide bonds. The fraction of sp³-hybridized carbons (Fsp3) is 0.450. The summed E-state index contributed by atoms with van der Waals surface area (Å²) in [6, 6.07) is 14.1. The molecule has 1 fully saturated rings. The van der Waals surface area contributed by atoms with Crippen molar-refractivity contribution >= 4 is 11.7 Å². The maximum atomic E-state index is 13.2. The van der Waals surface area contributed by atoms with E-state index in [1.807, 2.05) is 35.2 Å². The monoisotopic (exact) mass is 338 g/mol. The fourth-order valence-electron chi connectivity index (χ4n) is 3.46. The number of benzene rings is 1. The third-order valence-electron chi connectivity index (χ3n) is 4.77. The van der Waals surface area contributed by atoms with Crippen molar-refractivity contribution in [2.45, 2.75) is 32.1 Å². The third-order valence-corrected chi connectivity index (χ3v) is 4.77. The number of hydrogen-bond acceptors (Lipinski definition) is 4. The summed E-state index contributed by atoms with van der Waals surface area (Å²) in [6.07, 6.45) is 4.54. The minimum atomic E-state index is -0.0331. The van der Waals surface area contributed by atoms with E-state index in [0.717, 1.165) is 56.8 Å². The summed E-state index contributed by atoms with van der Waals surface area (Å²) < 4.78 is 0. The summed E-state index contributed by atoms with van der Waals surface area (Å²) in [5, 5.41) is 8.16. The second-order valence-corrected chi connectivity index (χ2v) is 6.50. The van der Waals surface area contributed by atoms with Crippen molar-refractivity contribution < 1.29 is 4.79 Å². The van der Waals surface area contributed by atoms with Crippen LogP contribution < -0.4 is 4.90 Å². The topological polar surface area (TPSA) is 49.3 Å². The summed E-state index contributed by atoms with van der Waals surface area (Å²) in [7, 11) is 0. The molecule has 2 aromatic rings. The van der Waals surface area contributed by atoms with Crippen LogP contribution in [0.4, 0.5) is 5.82 Å². The molecule has 132 valence electrons. The lowest BCUT2D eigenvalue weighted by Gasteiger charge is -2.26. The average Bonchev–Trinajstić information content (AvgIpc) is 2.93. The lowest BCUT2D eigenvalue weighted by atomic mass is 9.93. The smallest absolute Gasteiger partial charge is 0.230 e. The van der Waals surface area contributed by atoms with Crippen LogP contribution in [0.3, 0.4) is 0 Å². The number of hydrogen-bond donors (Lipinski definition) is 0. The van der Waals surface area contributed by atoms with Crippen molar-refractivity contribution in [2.24, 2.45) is 0 Å². The van der Waals surface area contributed by atoms with Crippen molar-refractivity contribution in [1.29, 1.82) is 0 Å². The molecular formula is C20H26N4O. The first-order valence-electron chi connectivity index (χ1n) is 9.16. The molecule has 0 aliphatic carbocycles. The Hall–Kier alpha value is -2.43. The number of amides is 1. The van der Waals surface area contributed by atoms with E-state index in [4.69, 9.17) is 0 Å². The standard InChI is InChI=1S/C20H26N4O/c1-2-8-18(17-9-4-3-5-10-17)20(25)24-14-7-13-23(15-16-24)19-11-6-12-21-22-19/h3-6,9-12,18H,2,7-8,13-16H2,1H3/t18-/m0/s1. The van der Waals surface area contributed by atoms with E-state index in [9.17, 15) is 4.79 Å². The lowest BCUT2D eigenvalue weighted by molar-refractivity contribution is -0.132. The quantitative estimate of drug-likeness (QED) is 0.840. The van der Waals surface area contributed by atoms with Crippen molar-refractivity contribution in [1.82, 2.24) is 15.1 Å². The molecule has 0 radical (unpaired) electrons. The summed E-state index contributed by atoms with van der Waals surface area (Å²) in [5.74, 6) is 1.12. The normalized spacial score (nSPS) is 16.4. The predicted octanol–water partition coefficient (Wildman–Crippen LogP) is 3.10. The van der Waals surface area contributed by atoms with Gasteiger partial charge >= 0.3 is 0 Å². The Labute approximate surface area is 149 Å². The average molecular weight is 338 g/mol. The van der Waals surface area contributed by atoms with Gasteiger partial charge in [-0.1, -0.05) is 43.7 Å². The van der Waals surface area contributed by atoms with Crippen LogP contribution in [0.25, 0.3) is 0 Å². The van der Waals surface area contributed by atoms with Gasteiger partial charge in [0.15, 0.2) is 5.82 Å². The van der Waals surface area contributed by atoms with Gasteiger partial charge in [0.25, 0.3) is 0 Å². The first kappa shape index (κ1) is 17.4. The zero-order valence-corrected chi connectivity index (χ0v) is 14.8. The minimum Gasteiger partial charge on any atom is -0.353 e. The highest BCUT2D eigenvalue weighted by Crippen LogP contribution is 2.24. The van der Waals surface area contributed by atoms with Crippen molar-refractivity contribution in [3.05, 3.63) is 54.2 Å².